The van der Waals surface area contributed by atoms with Crippen LogP contribution < -0.4 is 65.1 Å². The van der Waals surface area contributed by atoms with Gasteiger partial charge in [-0.25, -0.2) is 0 Å². The second kappa shape index (κ2) is 39.8. The summed E-state index contributed by atoms with van der Waals surface area (Å²) in [5, 5.41) is 38.4. The molecule has 28 heteroatoms. The number of nitrogen functional groups attached to an aromatic ring is 2. The van der Waals surface area contributed by atoms with E-state index in [2.05, 4.69) is 52.8 Å². The number of likely N-dealkylation sites (tertiary alicyclic amines) is 1. The minimum Gasteiger partial charge on any atom is -0.399 e. The number of primary amides is 1. The highest BCUT2D eigenvalue weighted by Gasteiger charge is 2.41. The maximum absolute atomic E-state index is 15.4. The molecule has 1 aromatic heterocycles. The molecule has 11 amide bonds. The van der Waals surface area contributed by atoms with Crippen molar-refractivity contribution in [2.24, 2.45) is 11.7 Å². The quantitative estimate of drug-likeness (QED) is 0.0196. The number of nitrogens with two attached hydrogens (primary N) is 3. The van der Waals surface area contributed by atoms with Crippen LogP contribution in [0.2, 0.25) is 5.02 Å². The number of carbonyl (C=O) groups excluding carboxylic acids is 11. The Balaban J connectivity index is 1.15. The molecule has 0 spiro atoms. The lowest BCUT2D eigenvalue weighted by atomic mass is 9.98. The van der Waals surface area contributed by atoms with Crippen LogP contribution in [0.1, 0.15) is 101 Å². The summed E-state index contributed by atoms with van der Waals surface area (Å²) in [6, 6.07) is 24.0. The molecule has 2 heterocycles. The Morgan fingerprint density at radius 1 is 0.577 bits per heavy atom. The fourth-order valence-corrected chi connectivity index (χ4v) is 12.4. The summed E-state index contributed by atoms with van der Waals surface area (Å²) in [4.78, 5) is 163. The highest BCUT2D eigenvalue weighted by molar-refractivity contribution is 6.30. The first-order chi connectivity index (χ1) is 49.6. The van der Waals surface area contributed by atoms with E-state index in [4.69, 9.17) is 28.8 Å². The molecule has 0 aliphatic carbocycles. The van der Waals surface area contributed by atoms with Crippen molar-refractivity contribution < 1.29 is 57.8 Å². The van der Waals surface area contributed by atoms with Crippen molar-refractivity contribution in [3.63, 3.8) is 0 Å². The summed E-state index contributed by atoms with van der Waals surface area (Å²) in [6.07, 6.45) is 4.42. The van der Waals surface area contributed by atoms with Crippen LogP contribution in [-0.2, 0) is 84.8 Å². The number of nitrogens with one attached hydrogen (secondary N) is 9. The van der Waals surface area contributed by atoms with Crippen LogP contribution >= 0.6 is 11.6 Å². The van der Waals surface area contributed by atoms with Gasteiger partial charge in [0.15, 0.2) is 0 Å². The number of fused-ring (bicyclic) bond motifs is 1. The molecular formula is C76H98ClN15O12. The molecule has 6 aromatic rings. The van der Waals surface area contributed by atoms with Crippen LogP contribution in [0.3, 0.4) is 0 Å². The molecular weight excluding hydrogens is 1350 g/mol. The van der Waals surface area contributed by atoms with Gasteiger partial charge in [0.25, 0.3) is 0 Å². The fraction of sp³-hybridized carbons (Fsp3) is 0.421. The number of aromatic nitrogens is 1. The number of unbranched alkanes of at least 4 members (excludes halogenated alkanes) is 1. The van der Waals surface area contributed by atoms with Gasteiger partial charge in [-0.1, -0.05) is 124 Å². The number of amides is 11. The van der Waals surface area contributed by atoms with E-state index in [-0.39, 0.29) is 63.5 Å². The third kappa shape index (κ3) is 25.2. The zero-order valence-corrected chi connectivity index (χ0v) is 60.4. The topological polar surface area (TPSA) is 414 Å². The van der Waals surface area contributed by atoms with Crippen molar-refractivity contribution in [3.05, 3.63) is 173 Å². The molecule has 16 N–H and O–H groups in total. The molecule has 104 heavy (non-hydrogen) atoms. The predicted molar refractivity (Wildman–Crippen MR) is 396 cm³/mol. The van der Waals surface area contributed by atoms with Gasteiger partial charge in [0.05, 0.1) is 13.2 Å². The largest absolute Gasteiger partial charge is 0.399 e. The van der Waals surface area contributed by atoms with E-state index in [0.29, 0.717) is 70.9 Å². The molecule has 7 rings (SSSR count). The Hall–Kier alpha value is -10.5. The standard InChI is InChI=1S/C76H98ClN15O12/c1-45(2)35-66(74(102)85-58(16-9-10-33-82-46(3)4)76(104)92-34-12-17-65(92)73(101)83-43-67(80)95)91(6)75(103)63(39-50-23-30-57(79)31-24-50)89-70(98)61(38-49-21-28-56(78)29-22-49)88-72(100)64(44-93)90-71(99)62(41-52-13-11-32-81-42-52)87-69(97)60(37-48-19-26-55(77)27-20-48)86-68(96)59(84-47(5)94)40-51-18-25-53-14-7-8-15-54(53)36-51/h7-8,11,13-15,18-32,36,42,45-46,58-66,82,93H,9-10,12,16-17,33-35,37-41,43-44,78-79H2,1-6H3,(H2,80,95)(H,83,101)(H,84,94)(H,85,102)(H,86,96)(H,87,97)(H,88,100)(H,89,98)(H,90,99)/t58-,59+,60-,61-,62+,63-,64-,65+,66-/m0/s1. The SMILES string of the molecule is CC(=O)N[C@H](Cc1ccc2ccccc2c1)C(=O)N[C@@H](Cc1ccc(Cl)cc1)C(=O)N[C@H](Cc1cccnc1)C(=O)N[C@@H](CO)C(=O)N[C@@H](Cc1ccc(N)cc1)C(=O)N[C@@H](Cc1ccc(N)cc1)C(=O)N(C)[C@@H](CC(C)C)C(=O)N[C@@H](CCCCNC(C)C)C(=O)N1CCC[C@@H]1C(=O)NCC(N)=O. The summed E-state index contributed by atoms with van der Waals surface area (Å²) in [5.74, 6) is -8.51. The Bertz CT molecular complexity index is 3920. The van der Waals surface area contributed by atoms with E-state index in [0.717, 1.165) is 16.3 Å². The highest BCUT2D eigenvalue weighted by Crippen LogP contribution is 2.23. The first kappa shape index (κ1) is 80.8. The van der Waals surface area contributed by atoms with Gasteiger partial charge in [-0.15, -0.1) is 0 Å². The lowest BCUT2D eigenvalue weighted by Gasteiger charge is -2.34. The maximum atomic E-state index is 15.4. The van der Waals surface area contributed by atoms with Crippen LogP contribution in [-0.4, -0.2) is 179 Å². The van der Waals surface area contributed by atoms with Crippen molar-refractivity contribution >= 4 is 98.7 Å². The number of carbonyl (C=O) groups is 11. The number of anilines is 2. The van der Waals surface area contributed by atoms with Gasteiger partial charge in [0, 0.05) is 87.5 Å². The second-order valence-corrected chi connectivity index (χ2v) is 27.5. The summed E-state index contributed by atoms with van der Waals surface area (Å²) in [6.45, 7) is 8.33. The highest BCUT2D eigenvalue weighted by atomic mass is 35.5. The van der Waals surface area contributed by atoms with Crippen LogP contribution in [0.4, 0.5) is 11.4 Å². The van der Waals surface area contributed by atoms with Crippen LogP contribution in [0.25, 0.3) is 10.8 Å². The minimum absolute atomic E-state index is 0.0442. The average Bonchev–Trinajstić information content (AvgIpc) is 1.72. The molecule has 9 atom stereocenters. The van der Waals surface area contributed by atoms with E-state index in [9.17, 15) is 48.3 Å². The third-order valence-corrected chi connectivity index (χ3v) is 18.1. The van der Waals surface area contributed by atoms with Crippen LogP contribution in [0.5, 0.6) is 0 Å². The molecule has 556 valence electrons. The number of hydrogen-bond donors (Lipinski definition) is 13. The number of aliphatic hydroxyl groups is 1. The summed E-state index contributed by atoms with van der Waals surface area (Å²) in [7, 11) is 1.41. The van der Waals surface area contributed by atoms with E-state index in [1.165, 1.54) is 36.2 Å². The lowest BCUT2D eigenvalue weighted by molar-refractivity contribution is -0.145. The Morgan fingerprint density at radius 2 is 1.07 bits per heavy atom. The van der Waals surface area contributed by atoms with Crippen molar-refractivity contribution in [2.75, 3.05) is 44.8 Å². The van der Waals surface area contributed by atoms with E-state index < -0.39 is 133 Å². The van der Waals surface area contributed by atoms with Gasteiger partial charge in [0.1, 0.15) is 54.4 Å². The predicted octanol–water partition coefficient (Wildman–Crippen LogP) is 2.61. The Kier molecular flexibility index (Phi) is 30.9. The molecule has 5 aromatic carbocycles. The van der Waals surface area contributed by atoms with Crippen molar-refractivity contribution in [2.45, 2.75) is 166 Å². The molecule has 0 radical (unpaired) electrons. The summed E-state index contributed by atoms with van der Waals surface area (Å²) >= 11 is 6.25. The first-order valence-electron chi connectivity index (χ1n) is 35.0. The Labute approximate surface area is 611 Å². The number of halogens is 1. The van der Waals surface area contributed by atoms with Gasteiger partial charge in [-0.3, -0.25) is 57.7 Å². The maximum Gasteiger partial charge on any atom is 0.245 e. The van der Waals surface area contributed by atoms with Crippen molar-refractivity contribution in [3.8, 4) is 0 Å². The van der Waals surface area contributed by atoms with Crippen molar-refractivity contribution in [1.29, 1.82) is 0 Å². The zero-order valence-electron chi connectivity index (χ0n) is 59.6. The van der Waals surface area contributed by atoms with Crippen LogP contribution in [0, 0.1) is 5.92 Å². The van der Waals surface area contributed by atoms with Crippen molar-refractivity contribution in [1.82, 2.24) is 62.6 Å². The monoisotopic (exact) mass is 1450 g/mol. The van der Waals surface area contributed by atoms with Gasteiger partial charge < -0.3 is 80.0 Å². The Morgan fingerprint density at radius 3 is 1.60 bits per heavy atom. The van der Waals surface area contributed by atoms with Gasteiger partial charge in [-0.2, -0.15) is 0 Å². The number of nitrogens with zero attached hydrogens (tertiary/aromatic N) is 3. The normalized spacial score (nSPS) is 15.0. The molecule has 1 aliphatic heterocycles. The molecule has 1 aliphatic rings. The number of pyridine rings is 1. The molecule has 0 bridgehead atoms. The first-order valence-corrected chi connectivity index (χ1v) is 35.4. The smallest absolute Gasteiger partial charge is 0.245 e. The third-order valence-electron chi connectivity index (χ3n) is 17.8. The number of aliphatic hydroxyl groups excluding tert-OH is 1. The molecule has 1 saturated heterocycles. The van der Waals surface area contributed by atoms with E-state index >= 15 is 9.59 Å². The molecule has 0 unspecified atom stereocenters. The lowest BCUT2D eigenvalue weighted by Crippen LogP contribution is -2.62. The van der Waals surface area contributed by atoms with Crippen LogP contribution in [0.15, 0.2) is 140 Å². The summed E-state index contributed by atoms with van der Waals surface area (Å²) < 4.78 is 0. The summed E-state index contributed by atoms with van der Waals surface area (Å²) in [5.41, 5.74) is 21.0. The number of rotatable bonds is 38. The number of hydrogen-bond acceptors (Lipinski definition) is 16. The van der Waals surface area contributed by atoms with E-state index in [1.54, 1.807) is 84.9 Å². The van der Waals surface area contributed by atoms with E-state index in [1.807, 2.05) is 70.2 Å². The molecule has 1 fully saturated rings. The zero-order chi connectivity index (χ0) is 75.6. The average molecular weight is 1450 g/mol. The fourth-order valence-electron chi connectivity index (χ4n) is 12.3. The minimum atomic E-state index is -1.80. The number of benzene rings is 5. The molecule has 27 nitrogen and oxygen atoms in total. The molecule has 0 saturated carbocycles. The van der Waals surface area contributed by atoms with Gasteiger partial charge in [-0.05, 0) is 132 Å². The van der Waals surface area contributed by atoms with Gasteiger partial charge in [0.2, 0.25) is 65.0 Å². The van der Waals surface area contributed by atoms with Gasteiger partial charge >= 0.3 is 0 Å². The second-order valence-electron chi connectivity index (χ2n) is 27.0. The number of likely N-dealkylation sites (N-methyl/N-ethyl adjacent to an activating group) is 1.